The highest BCUT2D eigenvalue weighted by Gasteiger charge is 2.56. The van der Waals surface area contributed by atoms with Crippen LogP contribution in [0.1, 0.15) is 59.5 Å². The lowest BCUT2D eigenvalue weighted by Gasteiger charge is -2.49. The number of rotatable bonds is 18. The van der Waals surface area contributed by atoms with Crippen LogP contribution in [0, 0.1) is 0 Å². The minimum absolute atomic E-state index is 0.00400. The number of benzene rings is 3. The van der Waals surface area contributed by atoms with Crippen LogP contribution < -0.4 is 5.32 Å². The van der Waals surface area contributed by atoms with Crippen molar-refractivity contribution in [2.24, 2.45) is 0 Å². The third-order valence-corrected chi connectivity index (χ3v) is 9.71. The fourth-order valence-electron chi connectivity index (χ4n) is 6.99. The largest absolute Gasteiger partial charge is 0.465 e. The van der Waals surface area contributed by atoms with Gasteiger partial charge in [0.1, 0.15) is 49.8 Å². The van der Waals surface area contributed by atoms with E-state index >= 15 is 0 Å². The maximum absolute atomic E-state index is 14.3. The molecule has 0 saturated carbocycles. The molecular formula is C44H51NO17. The minimum atomic E-state index is -1.68. The lowest BCUT2D eigenvalue weighted by atomic mass is 9.94. The predicted molar refractivity (Wildman–Crippen MR) is 213 cm³/mol. The number of methoxy groups -OCH3 is 2. The zero-order valence-corrected chi connectivity index (χ0v) is 35.1. The van der Waals surface area contributed by atoms with E-state index in [9.17, 15) is 28.8 Å². The molecule has 334 valence electrons. The molecule has 0 aromatic heterocycles. The quantitative estimate of drug-likeness (QED) is 0.143. The Morgan fingerprint density at radius 1 is 0.548 bits per heavy atom. The van der Waals surface area contributed by atoms with Crippen LogP contribution in [0.25, 0.3) is 0 Å². The molecule has 2 aliphatic heterocycles. The highest BCUT2D eigenvalue weighted by molar-refractivity contribution is 6.05. The lowest BCUT2D eigenvalue weighted by Crippen LogP contribution is -2.69. The summed E-state index contributed by atoms with van der Waals surface area (Å²) in [5, 5.41) is 2.77. The van der Waals surface area contributed by atoms with Crippen molar-refractivity contribution in [2.75, 3.05) is 27.4 Å². The minimum Gasteiger partial charge on any atom is -0.465 e. The van der Waals surface area contributed by atoms with E-state index in [1.807, 2.05) is 60.7 Å². The van der Waals surface area contributed by atoms with E-state index in [1.165, 1.54) is 38.3 Å². The summed E-state index contributed by atoms with van der Waals surface area (Å²) < 4.78 is 65.8. The third-order valence-electron chi connectivity index (χ3n) is 9.71. The number of esters is 5. The number of hydrogen-bond acceptors (Lipinski definition) is 17. The maximum Gasteiger partial charge on any atom is 0.338 e. The normalized spacial score (nSPS) is 25.7. The summed E-state index contributed by atoms with van der Waals surface area (Å²) in [4.78, 5) is 76.9. The molecule has 5 rings (SSSR count). The van der Waals surface area contributed by atoms with E-state index in [2.05, 4.69) is 5.32 Å². The predicted octanol–water partition coefficient (Wildman–Crippen LogP) is 3.21. The van der Waals surface area contributed by atoms with Gasteiger partial charge in [-0.05, 0) is 23.3 Å². The monoisotopic (exact) mass is 865 g/mol. The molecule has 2 heterocycles. The van der Waals surface area contributed by atoms with Crippen LogP contribution in [0.4, 0.5) is 0 Å². The van der Waals surface area contributed by atoms with Gasteiger partial charge in [-0.1, -0.05) is 72.8 Å². The summed E-state index contributed by atoms with van der Waals surface area (Å²) in [7, 11) is 2.53. The number of ether oxygens (including phenoxy) is 11. The highest BCUT2D eigenvalue weighted by atomic mass is 16.8. The van der Waals surface area contributed by atoms with Gasteiger partial charge in [-0.25, -0.2) is 4.79 Å². The van der Waals surface area contributed by atoms with Gasteiger partial charge in [0.2, 0.25) is 0 Å². The number of carbonyl (C=O) groups excluding carboxylic acids is 6. The highest BCUT2D eigenvalue weighted by Crippen LogP contribution is 2.35. The summed E-state index contributed by atoms with van der Waals surface area (Å²) in [5.41, 5.74) is 1.30. The zero-order chi connectivity index (χ0) is 44.8. The first-order valence-electron chi connectivity index (χ1n) is 19.7. The van der Waals surface area contributed by atoms with E-state index < -0.39 is 104 Å². The smallest absolute Gasteiger partial charge is 0.338 e. The third kappa shape index (κ3) is 12.9. The molecule has 2 aliphatic rings. The molecule has 18 nitrogen and oxygen atoms in total. The van der Waals surface area contributed by atoms with Crippen molar-refractivity contribution >= 4 is 35.8 Å². The summed E-state index contributed by atoms with van der Waals surface area (Å²) in [6.45, 7) is 3.77. The van der Waals surface area contributed by atoms with Gasteiger partial charge in [0.05, 0.1) is 31.5 Å². The van der Waals surface area contributed by atoms with E-state index in [4.69, 9.17) is 52.1 Å². The Bertz CT molecular complexity index is 1980. The van der Waals surface area contributed by atoms with E-state index in [0.29, 0.717) is 0 Å². The van der Waals surface area contributed by atoms with Crippen molar-refractivity contribution < 1.29 is 80.9 Å². The zero-order valence-electron chi connectivity index (χ0n) is 35.1. The van der Waals surface area contributed by atoms with Crippen LogP contribution in [-0.4, -0.2) is 125 Å². The summed E-state index contributed by atoms with van der Waals surface area (Å²) >= 11 is 0. The first-order valence-corrected chi connectivity index (χ1v) is 19.7. The molecule has 2 fully saturated rings. The van der Waals surface area contributed by atoms with Gasteiger partial charge in [-0.2, -0.15) is 0 Å². The van der Waals surface area contributed by atoms with Crippen LogP contribution >= 0.6 is 0 Å². The van der Waals surface area contributed by atoms with Gasteiger partial charge in [0, 0.05) is 34.8 Å². The maximum atomic E-state index is 14.3. The average molecular weight is 866 g/mol. The molecule has 0 spiro atoms. The SMILES string of the molecule is COC(=O)c1ccccc1C(=O)N[C@H]1[C@H](O[C@@H]2[C@@H](OCc3ccccc3)[C@@H](OC)O[C@H](COC(C)=O)[C@H]2OCc2ccccc2)O[C@H](COC(C)=O)[C@@H](OC(C)=O)[C@@H]1OC(C)=O. The van der Waals surface area contributed by atoms with Crippen molar-refractivity contribution in [1.82, 2.24) is 5.32 Å². The second-order valence-electron chi connectivity index (χ2n) is 14.2. The molecular weight excluding hydrogens is 814 g/mol. The lowest BCUT2D eigenvalue weighted by molar-refractivity contribution is -0.356. The molecule has 3 aromatic carbocycles. The number of hydrogen-bond donors (Lipinski definition) is 1. The van der Waals surface area contributed by atoms with Gasteiger partial charge in [0.25, 0.3) is 5.91 Å². The molecule has 62 heavy (non-hydrogen) atoms. The molecule has 0 radical (unpaired) electrons. The number of nitrogens with one attached hydrogen (secondary N) is 1. The summed E-state index contributed by atoms with van der Waals surface area (Å²) in [6.07, 6.45) is -12.0. The van der Waals surface area contributed by atoms with Crippen molar-refractivity contribution in [3.8, 4) is 0 Å². The van der Waals surface area contributed by atoms with Crippen LogP contribution in [0.5, 0.6) is 0 Å². The van der Waals surface area contributed by atoms with Gasteiger partial charge in [0.15, 0.2) is 24.8 Å². The first kappa shape index (κ1) is 47.3. The number of carbonyl (C=O) groups is 6. The van der Waals surface area contributed by atoms with Crippen LogP contribution in [0.3, 0.4) is 0 Å². The standard InChI is InChI=1S/C44H51NO17/c1-25(46)54-23-33-36(56-21-29-15-9-7-10-16-29)39(40(44(53-6)61-33)57-22-30-17-11-8-12-18-30)62-43-35(45-41(50)31-19-13-14-20-32(31)42(51)52-5)38(59-28(4)49)37(58-27(3)48)34(60-43)24-55-26(2)47/h7-20,33-40,43-44H,21-24H2,1-6H3,(H,45,50)/t33-,34-,35-,36-,37-,38-,39+,40-,43+,44+/m1/s1. The van der Waals surface area contributed by atoms with E-state index in [1.54, 1.807) is 0 Å². The molecule has 18 heteroatoms. The van der Waals surface area contributed by atoms with Gasteiger partial charge in [-0.3, -0.25) is 24.0 Å². The van der Waals surface area contributed by atoms with Crippen molar-refractivity contribution in [3.63, 3.8) is 0 Å². The molecule has 3 aromatic rings. The summed E-state index contributed by atoms with van der Waals surface area (Å²) in [6, 6.07) is 22.6. The molecule has 1 amide bonds. The molecule has 0 bridgehead atoms. The van der Waals surface area contributed by atoms with Crippen LogP contribution in [0.15, 0.2) is 84.9 Å². The Balaban J connectivity index is 1.66. The Morgan fingerprint density at radius 3 is 1.55 bits per heavy atom. The number of amides is 1. The van der Waals surface area contributed by atoms with Crippen molar-refractivity contribution in [2.45, 2.75) is 102 Å². The van der Waals surface area contributed by atoms with Crippen molar-refractivity contribution in [3.05, 3.63) is 107 Å². The summed E-state index contributed by atoms with van der Waals surface area (Å²) in [5.74, 6) is -4.68. The van der Waals surface area contributed by atoms with Crippen LogP contribution in [0.2, 0.25) is 0 Å². The molecule has 0 aliphatic carbocycles. The van der Waals surface area contributed by atoms with E-state index in [-0.39, 0.29) is 30.9 Å². The second-order valence-corrected chi connectivity index (χ2v) is 14.2. The molecule has 1 N–H and O–H groups in total. The Morgan fingerprint density at radius 2 is 1.03 bits per heavy atom. The fraction of sp³-hybridized carbons (Fsp3) is 0.455. The van der Waals surface area contributed by atoms with Gasteiger partial charge in [-0.15, -0.1) is 0 Å². The van der Waals surface area contributed by atoms with E-state index in [0.717, 1.165) is 39.0 Å². The molecule has 2 saturated heterocycles. The first-order chi connectivity index (χ1) is 29.8. The second kappa shape index (κ2) is 22.9. The Kier molecular flexibility index (Phi) is 17.5. The van der Waals surface area contributed by atoms with Crippen LogP contribution in [-0.2, 0) is 84.5 Å². The van der Waals surface area contributed by atoms with Gasteiger partial charge >= 0.3 is 29.8 Å². The average Bonchev–Trinajstić information content (AvgIpc) is 3.25. The Labute approximate surface area is 358 Å². The van der Waals surface area contributed by atoms with Gasteiger partial charge < -0.3 is 57.4 Å². The fourth-order valence-corrected chi connectivity index (χ4v) is 6.99. The molecule has 0 unspecified atom stereocenters. The Hall–Kier alpha value is -5.76. The topological polar surface area (TPSA) is 216 Å². The molecule has 10 atom stereocenters. The van der Waals surface area contributed by atoms with Crippen molar-refractivity contribution in [1.29, 1.82) is 0 Å².